The number of nitrogens with one attached hydrogen (secondary N) is 2. The van der Waals surface area contributed by atoms with Crippen molar-refractivity contribution in [1.29, 1.82) is 0 Å². The Morgan fingerprint density at radius 2 is 2.14 bits per heavy atom. The number of nitro benzene ring substituents is 1. The number of ether oxygens (including phenoxy) is 1. The zero-order chi connectivity index (χ0) is 16.0. The van der Waals surface area contributed by atoms with Crippen LogP contribution in [-0.2, 0) is 14.8 Å². The van der Waals surface area contributed by atoms with Gasteiger partial charge in [0.05, 0.1) is 4.92 Å². The minimum absolute atomic E-state index is 0.258. The highest BCUT2D eigenvalue weighted by Crippen LogP contribution is 2.26. The van der Waals surface area contributed by atoms with Gasteiger partial charge in [-0.3, -0.25) is 10.1 Å². The smallest absolute Gasteiger partial charge is 0.404 e. The van der Waals surface area contributed by atoms with Gasteiger partial charge in [-0.2, -0.15) is 0 Å². The summed E-state index contributed by atoms with van der Waals surface area (Å²) in [5.74, 6) is 0. The van der Waals surface area contributed by atoms with E-state index in [9.17, 15) is 23.3 Å². The number of sulfonamides is 1. The van der Waals surface area contributed by atoms with Gasteiger partial charge in [0.2, 0.25) is 10.0 Å². The number of primary amides is 1. The molecule has 0 saturated carbocycles. The molecule has 1 aromatic carbocycles. The highest BCUT2D eigenvalue weighted by molar-refractivity contribution is 7.89. The summed E-state index contributed by atoms with van der Waals surface area (Å²) in [5, 5.41) is 13.6. The van der Waals surface area contributed by atoms with Crippen molar-refractivity contribution in [2.45, 2.75) is 4.90 Å². The molecule has 0 aliphatic heterocycles. The Hall–Kier alpha value is -2.40. The summed E-state index contributed by atoms with van der Waals surface area (Å²) in [6, 6.07) is 3.60. The largest absolute Gasteiger partial charge is 0.448 e. The SMILES string of the molecule is CNc1ccc([N+](=O)[O-])c(S(=O)(=O)NCCOC(N)=O)c1. The predicted molar refractivity (Wildman–Crippen MR) is 73.4 cm³/mol. The van der Waals surface area contributed by atoms with Gasteiger partial charge in [-0.15, -0.1) is 0 Å². The van der Waals surface area contributed by atoms with E-state index in [0.29, 0.717) is 5.69 Å². The second-order valence-electron chi connectivity index (χ2n) is 3.75. The van der Waals surface area contributed by atoms with Crippen molar-refractivity contribution >= 4 is 27.5 Å². The molecule has 116 valence electrons. The molecule has 0 saturated heterocycles. The Balaban J connectivity index is 3.00. The molecular formula is C10H14N4O6S. The van der Waals surface area contributed by atoms with Crippen LogP contribution in [0.2, 0.25) is 0 Å². The molecule has 0 unspecified atom stereocenters. The Kier molecular flexibility index (Phi) is 5.44. The molecule has 0 aliphatic carbocycles. The second kappa shape index (κ2) is 6.85. The summed E-state index contributed by atoms with van der Waals surface area (Å²) >= 11 is 0. The van der Waals surface area contributed by atoms with Crippen LogP contribution in [0.3, 0.4) is 0 Å². The molecule has 1 rings (SSSR count). The van der Waals surface area contributed by atoms with Gasteiger partial charge in [0.1, 0.15) is 6.61 Å². The van der Waals surface area contributed by atoms with Crippen molar-refractivity contribution in [3.05, 3.63) is 28.3 Å². The molecule has 0 radical (unpaired) electrons. The van der Waals surface area contributed by atoms with E-state index in [4.69, 9.17) is 5.73 Å². The third-order valence-corrected chi connectivity index (χ3v) is 3.86. The van der Waals surface area contributed by atoms with Gasteiger partial charge in [0.15, 0.2) is 4.90 Å². The number of hydrogen-bond donors (Lipinski definition) is 3. The van der Waals surface area contributed by atoms with Crippen LogP contribution in [-0.4, -0.2) is 39.6 Å². The molecule has 4 N–H and O–H groups in total. The van der Waals surface area contributed by atoms with E-state index >= 15 is 0 Å². The standard InChI is InChI=1S/C10H14N4O6S/c1-12-7-2-3-8(14(16)17)9(6-7)21(18,19)13-4-5-20-10(11)15/h2-3,6,12-13H,4-5H2,1H3,(H2,11,15). The van der Waals surface area contributed by atoms with Crippen LogP contribution in [0.15, 0.2) is 23.1 Å². The predicted octanol–water partition coefficient (Wildman–Crippen LogP) is 0.0101. The number of nitrogens with two attached hydrogens (primary N) is 1. The van der Waals surface area contributed by atoms with Crippen LogP contribution < -0.4 is 15.8 Å². The first kappa shape index (κ1) is 16.7. The first-order valence-corrected chi connectivity index (χ1v) is 7.14. The quantitative estimate of drug-likeness (QED) is 0.363. The molecule has 11 heteroatoms. The van der Waals surface area contributed by atoms with Crippen LogP contribution in [0.1, 0.15) is 0 Å². The number of hydrogen-bond acceptors (Lipinski definition) is 7. The van der Waals surface area contributed by atoms with E-state index in [2.05, 4.69) is 14.8 Å². The van der Waals surface area contributed by atoms with Crippen molar-refractivity contribution < 1.29 is 22.9 Å². The third-order valence-electron chi connectivity index (χ3n) is 2.37. The maximum absolute atomic E-state index is 12.1. The van der Waals surface area contributed by atoms with Crippen molar-refractivity contribution in [2.75, 3.05) is 25.5 Å². The Labute approximate surface area is 120 Å². The maximum atomic E-state index is 12.1. The normalized spacial score (nSPS) is 10.9. The van der Waals surface area contributed by atoms with Gasteiger partial charge >= 0.3 is 6.09 Å². The van der Waals surface area contributed by atoms with Crippen LogP contribution in [0.25, 0.3) is 0 Å². The molecule has 0 fully saturated rings. The molecule has 21 heavy (non-hydrogen) atoms. The fraction of sp³-hybridized carbons (Fsp3) is 0.300. The van der Waals surface area contributed by atoms with E-state index in [-0.39, 0.29) is 13.2 Å². The summed E-state index contributed by atoms with van der Waals surface area (Å²) in [5.41, 5.74) is 4.56. The lowest BCUT2D eigenvalue weighted by Crippen LogP contribution is -2.29. The summed E-state index contributed by atoms with van der Waals surface area (Å²) in [6.45, 7) is -0.541. The van der Waals surface area contributed by atoms with E-state index < -0.39 is 31.6 Å². The number of amides is 1. The van der Waals surface area contributed by atoms with Gasteiger partial charge < -0.3 is 15.8 Å². The van der Waals surface area contributed by atoms with Crippen LogP contribution in [0.5, 0.6) is 0 Å². The van der Waals surface area contributed by atoms with Crippen molar-refractivity contribution in [1.82, 2.24) is 4.72 Å². The molecule has 0 spiro atoms. The number of rotatable bonds is 7. The Morgan fingerprint density at radius 3 is 2.67 bits per heavy atom. The average molecular weight is 318 g/mol. The Bertz CT molecular complexity index is 645. The van der Waals surface area contributed by atoms with Crippen molar-refractivity contribution in [2.24, 2.45) is 5.73 Å². The van der Waals surface area contributed by atoms with Gasteiger partial charge in [0, 0.05) is 25.3 Å². The first-order valence-electron chi connectivity index (χ1n) is 5.66. The van der Waals surface area contributed by atoms with Crippen molar-refractivity contribution in [3.63, 3.8) is 0 Å². The fourth-order valence-electron chi connectivity index (χ4n) is 1.44. The number of nitro groups is 1. The highest BCUT2D eigenvalue weighted by atomic mass is 32.2. The average Bonchev–Trinajstić information content (AvgIpc) is 2.42. The molecule has 0 atom stereocenters. The molecule has 0 bridgehead atoms. The van der Waals surface area contributed by atoms with Crippen LogP contribution >= 0.6 is 0 Å². The topological polar surface area (TPSA) is 154 Å². The molecule has 1 amide bonds. The van der Waals surface area contributed by atoms with Crippen LogP contribution in [0, 0.1) is 10.1 Å². The lowest BCUT2D eigenvalue weighted by molar-refractivity contribution is -0.387. The van der Waals surface area contributed by atoms with E-state index in [1.165, 1.54) is 6.07 Å². The molecular weight excluding hydrogens is 304 g/mol. The lowest BCUT2D eigenvalue weighted by Gasteiger charge is -2.09. The number of carbonyl (C=O) groups is 1. The van der Waals surface area contributed by atoms with Crippen LogP contribution in [0.4, 0.5) is 16.2 Å². The number of carbonyl (C=O) groups excluding carboxylic acids is 1. The molecule has 1 aromatic rings. The minimum atomic E-state index is -4.13. The van der Waals surface area contributed by atoms with Gasteiger partial charge in [-0.1, -0.05) is 0 Å². The minimum Gasteiger partial charge on any atom is -0.448 e. The third kappa shape index (κ3) is 4.57. The highest BCUT2D eigenvalue weighted by Gasteiger charge is 2.25. The zero-order valence-corrected chi connectivity index (χ0v) is 11.8. The van der Waals surface area contributed by atoms with E-state index in [1.807, 2.05) is 0 Å². The van der Waals surface area contributed by atoms with E-state index in [1.54, 1.807) is 7.05 Å². The number of anilines is 1. The Morgan fingerprint density at radius 1 is 1.48 bits per heavy atom. The van der Waals surface area contributed by atoms with Gasteiger partial charge in [-0.05, 0) is 12.1 Å². The summed E-state index contributed by atoms with van der Waals surface area (Å²) in [4.78, 5) is 20.0. The number of nitrogens with zero attached hydrogens (tertiary/aromatic N) is 1. The lowest BCUT2D eigenvalue weighted by atomic mass is 10.3. The fourth-order valence-corrected chi connectivity index (χ4v) is 2.65. The summed E-state index contributed by atoms with van der Waals surface area (Å²) < 4.78 is 30.6. The second-order valence-corrected chi connectivity index (χ2v) is 5.49. The monoisotopic (exact) mass is 318 g/mol. The van der Waals surface area contributed by atoms with Gasteiger partial charge in [0.25, 0.3) is 5.69 Å². The first-order chi connectivity index (χ1) is 9.77. The zero-order valence-electron chi connectivity index (χ0n) is 11.0. The van der Waals surface area contributed by atoms with Crippen molar-refractivity contribution in [3.8, 4) is 0 Å². The molecule has 10 nitrogen and oxygen atoms in total. The van der Waals surface area contributed by atoms with E-state index in [0.717, 1.165) is 12.1 Å². The molecule has 0 heterocycles. The summed E-state index contributed by atoms with van der Waals surface area (Å²) in [6.07, 6.45) is -1.04. The number of benzene rings is 1. The maximum Gasteiger partial charge on any atom is 0.404 e. The molecule has 0 aliphatic rings. The van der Waals surface area contributed by atoms with Gasteiger partial charge in [-0.25, -0.2) is 17.9 Å². The summed E-state index contributed by atoms with van der Waals surface area (Å²) in [7, 11) is -2.58. The molecule has 0 aromatic heterocycles.